The summed E-state index contributed by atoms with van der Waals surface area (Å²) >= 11 is 3.43. The van der Waals surface area contributed by atoms with Gasteiger partial charge in [-0.15, -0.1) is 0 Å². The number of piperidine rings is 1. The van der Waals surface area contributed by atoms with Gasteiger partial charge in [-0.25, -0.2) is 8.42 Å². The van der Waals surface area contributed by atoms with Gasteiger partial charge in [0.2, 0.25) is 10.0 Å². The van der Waals surface area contributed by atoms with E-state index in [9.17, 15) is 8.42 Å². The summed E-state index contributed by atoms with van der Waals surface area (Å²) in [5.41, 5.74) is 1.06. The van der Waals surface area contributed by atoms with Crippen LogP contribution in [0.2, 0.25) is 0 Å². The molecule has 1 heterocycles. The molecule has 5 heteroatoms. The SMILES string of the molecule is Cc1ccc(S(=O)(=O)N2CCCC3CCCCC32)c(Br)c1. The van der Waals surface area contributed by atoms with E-state index in [1.165, 1.54) is 19.3 Å². The van der Waals surface area contributed by atoms with Crippen LogP contribution >= 0.6 is 15.9 Å². The second-order valence-corrected chi connectivity index (χ2v) is 9.02. The molecule has 1 aromatic rings. The van der Waals surface area contributed by atoms with Gasteiger partial charge < -0.3 is 0 Å². The summed E-state index contributed by atoms with van der Waals surface area (Å²) < 4.78 is 28.6. The Hall–Kier alpha value is -0.390. The lowest BCUT2D eigenvalue weighted by Crippen LogP contribution is -2.49. The predicted octanol–water partition coefficient (Wildman–Crippen LogP) is 4.10. The third-order valence-electron chi connectivity index (χ3n) is 4.87. The number of rotatable bonds is 2. The zero-order valence-electron chi connectivity index (χ0n) is 12.4. The Morgan fingerprint density at radius 2 is 1.86 bits per heavy atom. The largest absolute Gasteiger partial charge is 0.244 e. The number of hydrogen-bond donors (Lipinski definition) is 0. The average molecular weight is 372 g/mol. The van der Waals surface area contributed by atoms with Crippen LogP contribution < -0.4 is 0 Å². The molecule has 3 rings (SSSR count). The molecule has 0 spiro atoms. The highest BCUT2D eigenvalue weighted by Gasteiger charge is 2.40. The minimum Gasteiger partial charge on any atom is -0.207 e. The Morgan fingerprint density at radius 1 is 1.14 bits per heavy atom. The molecule has 0 aromatic heterocycles. The molecule has 0 amide bonds. The molecule has 2 fully saturated rings. The monoisotopic (exact) mass is 371 g/mol. The first-order chi connectivity index (χ1) is 10.00. The maximum Gasteiger partial charge on any atom is 0.244 e. The molecule has 1 saturated heterocycles. The summed E-state index contributed by atoms with van der Waals surface area (Å²) in [6.07, 6.45) is 6.79. The van der Waals surface area contributed by atoms with E-state index in [2.05, 4.69) is 15.9 Å². The van der Waals surface area contributed by atoms with Crippen molar-refractivity contribution in [1.29, 1.82) is 0 Å². The number of hydrogen-bond acceptors (Lipinski definition) is 2. The molecule has 1 aromatic carbocycles. The highest BCUT2D eigenvalue weighted by molar-refractivity contribution is 9.10. The Labute approximate surface area is 135 Å². The fourth-order valence-corrected chi connectivity index (χ4v) is 6.73. The van der Waals surface area contributed by atoms with Crippen molar-refractivity contribution in [2.75, 3.05) is 6.54 Å². The lowest BCUT2D eigenvalue weighted by Gasteiger charge is -2.43. The van der Waals surface area contributed by atoms with E-state index in [1.807, 2.05) is 19.1 Å². The number of fused-ring (bicyclic) bond motifs is 1. The maximum atomic E-state index is 13.1. The smallest absolute Gasteiger partial charge is 0.207 e. The van der Waals surface area contributed by atoms with Crippen molar-refractivity contribution >= 4 is 26.0 Å². The molecule has 2 unspecified atom stereocenters. The second-order valence-electron chi connectivity index (χ2n) is 6.30. The molecule has 1 aliphatic carbocycles. The van der Waals surface area contributed by atoms with Gasteiger partial charge in [-0.1, -0.05) is 18.9 Å². The van der Waals surface area contributed by atoms with Crippen LogP contribution in [-0.2, 0) is 10.0 Å². The van der Waals surface area contributed by atoms with Crippen LogP contribution in [0.5, 0.6) is 0 Å². The number of sulfonamides is 1. The first-order valence-electron chi connectivity index (χ1n) is 7.78. The van der Waals surface area contributed by atoms with E-state index >= 15 is 0 Å². The molecule has 2 atom stereocenters. The molecule has 0 bridgehead atoms. The van der Waals surface area contributed by atoms with Crippen LogP contribution in [-0.4, -0.2) is 25.3 Å². The van der Waals surface area contributed by atoms with Crippen molar-refractivity contribution in [3.05, 3.63) is 28.2 Å². The van der Waals surface area contributed by atoms with Gasteiger partial charge in [0.1, 0.15) is 0 Å². The van der Waals surface area contributed by atoms with Gasteiger partial charge in [-0.05, 0) is 72.2 Å². The van der Waals surface area contributed by atoms with Gasteiger partial charge >= 0.3 is 0 Å². The van der Waals surface area contributed by atoms with E-state index in [-0.39, 0.29) is 6.04 Å². The first-order valence-corrected chi connectivity index (χ1v) is 10.0. The highest BCUT2D eigenvalue weighted by Crippen LogP contribution is 2.39. The van der Waals surface area contributed by atoms with E-state index in [1.54, 1.807) is 10.4 Å². The summed E-state index contributed by atoms with van der Waals surface area (Å²) in [6.45, 7) is 2.64. The molecular formula is C16H22BrNO2S. The number of halogens is 1. The molecule has 1 saturated carbocycles. The van der Waals surface area contributed by atoms with Gasteiger partial charge in [-0.2, -0.15) is 4.31 Å². The fraction of sp³-hybridized carbons (Fsp3) is 0.625. The van der Waals surface area contributed by atoms with Crippen LogP contribution in [0.1, 0.15) is 44.1 Å². The predicted molar refractivity (Wildman–Crippen MR) is 87.8 cm³/mol. The van der Waals surface area contributed by atoms with Crippen LogP contribution in [0, 0.1) is 12.8 Å². The summed E-state index contributed by atoms with van der Waals surface area (Å²) in [5, 5.41) is 0. The van der Waals surface area contributed by atoms with E-state index < -0.39 is 10.0 Å². The summed E-state index contributed by atoms with van der Waals surface area (Å²) in [5.74, 6) is 0.562. The lowest BCUT2D eigenvalue weighted by molar-refractivity contribution is 0.129. The van der Waals surface area contributed by atoms with Gasteiger partial charge in [0.15, 0.2) is 0 Å². The molecule has 0 radical (unpaired) electrons. The van der Waals surface area contributed by atoms with E-state index in [0.29, 0.717) is 21.8 Å². The van der Waals surface area contributed by atoms with Crippen molar-refractivity contribution in [1.82, 2.24) is 4.31 Å². The Kier molecular flexibility index (Phi) is 4.44. The van der Waals surface area contributed by atoms with Crippen LogP contribution in [0.4, 0.5) is 0 Å². The summed E-state index contributed by atoms with van der Waals surface area (Å²) in [6, 6.07) is 5.71. The van der Waals surface area contributed by atoms with Gasteiger partial charge in [0.25, 0.3) is 0 Å². The molecule has 2 aliphatic rings. The standard InChI is InChI=1S/C16H22BrNO2S/c1-12-8-9-16(14(17)11-12)21(19,20)18-10-4-6-13-5-2-3-7-15(13)18/h8-9,11,13,15H,2-7,10H2,1H3. The number of aryl methyl sites for hydroxylation is 1. The molecule has 0 N–H and O–H groups in total. The number of nitrogens with zero attached hydrogens (tertiary/aromatic N) is 1. The summed E-state index contributed by atoms with van der Waals surface area (Å²) in [7, 11) is -3.39. The van der Waals surface area contributed by atoms with Crippen molar-refractivity contribution < 1.29 is 8.42 Å². The zero-order chi connectivity index (χ0) is 15.0. The third-order valence-corrected chi connectivity index (χ3v) is 7.77. The van der Waals surface area contributed by atoms with Gasteiger partial charge in [0.05, 0.1) is 4.90 Å². The number of benzene rings is 1. The second kappa shape index (κ2) is 6.01. The van der Waals surface area contributed by atoms with Crippen LogP contribution in [0.3, 0.4) is 0 Å². The minimum atomic E-state index is -3.39. The summed E-state index contributed by atoms with van der Waals surface area (Å²) in [4.78, 5) is 0.416. The van der Waals surface area contributed by atoms with Crippen molar-refractivity contribution in [3.63, 3.8) is 0 Å². The third kappa shape index (κ3) is 2.92. The topological polar surface area (TPSA) is 37.4 Å². The first kappa shape index (κ1) is 15.5. The average Bonchev–Trinajstić information content (AvgIpc) is 2.46. The van der Waals surface area contributed by atoms with Gasteiger partial charge in [-0.3, -0.25) is 0 Å². The van der Waals surface area contributed by atoms with E-state index in [4.69, 9.17) is 0 Å². The Bertz CT molecular complexity index is 627. The van der Waals surface area contributed by atoms with E-state index in [0.717, 1.165) is 24.8 Å². The van der Waals surface area contributed by atoms with Crippen molar-refractivity contribution in [2.45, 2.75) is 56.4 Å². The fourth-order valence-electron chi connectivity index (χ4n) is 3.82. The Balaban J connectivity index is 1.96. The van der Waals surface area contributed by atoms with Gasteiger partial charge in [0, 0.05) is 17.1 Å². The molecule has 21 heavy (non-hydrogen) atoms. The Morgan fingerprint density at radius 3 is 2.62 bits per heavy atom. The normalized spacial score (nSPS) is 27.3. The van der Waals surface area contributed by atoms with Crippen molar-refractivity contribution in [3.8, 4) is 0 Å². The zero-order valence-corrected chi connectivity index (χ0v) is 14.8. The lowest BCUT2D eigenvalue weighted by atomic mass is 9.79. The molecule has 116 valence electrons. The molecular weight excluding hydrogens is 350 g/mol. The molecule has 1 aliphatic heterocycles. The quantitative estimate of drug-likeness (QED) is 0.784. The maximum absolute atomic E-state index is 13.1. The highest BCUT2D eigenvalue weighted by atomic mass is 79.9. The van der Waals surface area contributed by atoms with Crippen LogP contribution in [0.15, 0.2) is 27.6 Å². The molecule has 3 nitrogen and oxygen atoms in total. The van der Waals surface area contributed by atoms with Crippen molar-refractivity contribution in [2.24, 2.45) is 5.92 Å². The van der Waals surface area contributed by atoms with Crippen LogP contribution in [0.25, 0.3) is 0 Å². The minimum absolute atomic E-state index is 0.214.